The van der Waals surface area contributed by atoms with E-state index in [9.17, 15) is 0 Å². The van der Waals surface area contributed by atoms with Gasteiger partial charge in [0.1, 0.15) is 5.75 Å². The summed E-state index contributed by atoms with van der Waals surface area (Å²) in [7, 11) is 0. The van der Waals surface area contributed by atoms with E-state index in [-0.39, 0.29) is 13.2 Å². The summed E-state index contributed by atoms with van der Waals surface area (Å²) in [6.45, 7) is 7.47. The smallest absolute Gasteiger partial charge is 0.122 e. The Kier molecular flexibility index (Phi) is 9.87. The Hall–Kier alpha value is -1.10. The predicted octanol–water partition coefficient (Wildman–Crippen LogP) is 2.53. The molecule has 0 saturated heterocycles. The van der Waals surface area contributed by atoms with Crippen LogP contribution in [0.1, 0.15) is 36.8 Å². The van der Waals surface area contributed by atoms with Crippen LogP contribution in [0.5, 0.6) is 5.75 Å². The number of unbranched alkanes of at least 4 members (excludes halogenated alkanes) is 3. The van der Waals surface area contributed by atoms with Gasteiger partial charge in [0, 0.05) is 13.1 Å². The molecule has 1 aromatic carbocycles. The zero-order valence-corrected chi connectivity index (χ0v) is 14.1. The predicted molar refractivity (Wildman–Crippen MR) is 90.5 cm³/mol. The molecule has 0 spiro atoms. The van der Waals surface area contributed by atoms with Gasteiger partial charge in [0.2, 0.25) is 0 Å². The van der Waals surface area contributed by atoms with Gasteiger partial charge in [-0.3, -0.25) is 4.90 Å². The van der Waals surface area contributed by atoms with Gasteiger partial charge >= 0.3 is 0 Å². The minimum absolute atomic E-state index is 0.156. The maximum absolute atomic E-state index is 8.95. The highest BCUT2D eigenvalue weighted by atomic mass is 16.5. The molecule has 0 aromatic heterocycles. The van der Waals surface area contributed by atoms with Gasteiger partial charge in [-0.05, 0) is 50.4 Å². The summed E-state index contributed by atoms with van der Waals surface area (Å²) in [5.41, 5.74) is 2.42. The first-order chi connectivity index (χ1) is 10.7. The van der Waals surface area contributed by atoms with Crippen molar-refractivity contribution in [3.8, 4) is 5.75 Å². The van der Waals surface area contributed by atoms with Crippen molar-refractivity contribution in [3.05, 3.63) is 29.3 Å². The van der Waals surface area contributed by atoms with E-state index in [0.717, 1.165) is 44.6 Å². The third kappa shape index (κ3) is 7.78. The van der Waals surface area contributed by atoms with Crippen molar-refractivity contribution in [2.45, 2.75) is 39.5 Å². The molecule has 126 valence electrons. The number of hydrogen-bond acceptors (Lipinski definition) is 4. The molecule has 0 aliphatic heterocycles. The van der Waals surface area contributed by atoms with Crippen LogP contribution in [-0.2, 0) is 0 Å². The molecule has 0 amide bonds. The van der Waals surface area contributed by atoms with Crippen LogP contribution < -0.4 is 4.74 Å². The van der Waals surface area contributed by atoms with E-state index in [1.165, 1.54) is 11.1 Å². The van der Waals surface area contributed by atoms with Crippen molar-refractivity contribution < 1.29 is 14.9 Å². The average Bonchev–Trinajstić information content (AvgIpc) is 2.50. The highest BCUT2D eigenvalue weighted by molar-refractivity contribution is 5.35. The summed E-state index contributed by atoms with van der Waals surface area (Å²) in [5.74, 6) is 0.997. The van der Waals surface area contributed by atoms with Crippen molar-refractivity contribution in [1.82, 2.24) is 4.90 Å². The second-order valence-electron chi connectivity index (χ2n) is 5.82. The van der Waals surface area contributed by atoms with Gasteiger partial charge in [-0.2, -0.15) is 0 Å². The fourth-order valence-corrected chi connectivity index (χ4v) is 2.45. The van der Waals surface area contributed by atoms with Crippen LogP contribution >= 0.6 is 0 Å². The van der Waals surface area contributed by atoms with E-state index in [1.807, 2.05) is 0 Å². The Morgan fingerprint density at radius 2 is 1.59 bits per heavy atom. The molecule has 0 heterocycles. The van der Waals surface area contributed by atoms with E-state index >= 15 is 0 Å². The lowest BCUT2D eigenvalue weighted by atomic mass is 10.1. The quantitative estimate of drug-likeness (QED) is 0.583. The highest BCUT2D eigenvalue weighted by Gasteiger charge is 2.03. The lowest BCUT2D eigenvalue weighted by molar-refractivity contribution is 0.159. The van der Waals surface area contributed by atoms with Crippen molar-refractivity contribution in [1.29, 1.82) is 0 Å². The second-order valence-corrected chi connectivity index (χ2v) is 5.82. The number of benzene rings is 1. The van der Waals surface area contributed by atoms with Crippen LogP contribution in [0, 0.1) is 13.8 Å². The molecule has 0 aliphatic rings. The summed E-state index contributed by atoms with van der Waals surface area (Å²) in [6, 6.07) is 6.30. The third-order valence-corrected chi connectivity index (χ3v) is 3.80. The first-order valence-corrected chi connectivity index (χ1v) is 8.31. The van der Waals surface area contributed by atoms with Crippen molar-refractivity contribution in [2.75, 3.05) is 39.5 Å². The van der Waals surface area contributed by atoms with Crippen molar-refractivity contribution >= 4 is 0 Å². The summed E-state index contributed by atoms with van der Waals surface area (Å²) in [5, 5.41) is 17.9. The minimum Gasteiger partial charge on any atom is -0.493 e. The molecule has 0 fully saturated rings. The van der Waals surface area contributed by atoms with Crippen LogP contribution in [0.2, 0.25) is 0 Å². The monoisotopic (exact) mass is 309 g/mol. The van der Waals surface area contributed by atoms with Crippen LogP contribution in [-0.4, -0.2) is 54.6 Å². The number of nitrogens with zero attached hydrogens (tertiary/aromatic N) is 1. The van der Waals surface area contributed by atoms with Crippen molar-refractivity contribution in [2.24, 2.45) is 0 Å². The third-order valence-electron chi connectivity index (χ3n) is 3.80. The molecular formula is C18H31NO3. The first-order valence-electron chi connectivity index (χ1n) is 8.31. The Bertz CT molecular complexity index is 403. The van der Waals surface area contributed by atoms with Gasteiger partial charge in [0.05, 0.1) is 19.8 Å². The zero-order valence-electron chi connectivity index (χ0n) is 14.1. The Morgan fingerprint density at radius 3 is 2.27 bits per heavy atom. The number of aliphatic hydroxyl groups is 2. The summed E-state index contributed by atoms with van der Waals surface area (Å²) >= 11 is 0. The SMILES string of the molecule is Cc1ccc(C)c(OCCCCCCN(CCO)CCO)c1. The van der Waals surface area contributed by atoms with E-state index in [4.69, 9.17) is 14.9 Å². The molecule has 1 rings (SSSR count). The standard InChI is InChI=1S/C18H31NO3/c1-16-7-8-17(2)18(15-16)22-14-6-4-3-5-9-19(10-12-20)11-13-21/h7-8,15,20-21H,3-6,9-14H2,1-2H3. The summed E-state index contributed by atoms with van der Waals surface area (Å²) in [6.07, 6.45) is 4.47. The molecule has 4 nitrogen and oxygen atoms in total. The van der Waals surface area contributed by atoms with E-state index < -0.39 is 0 Å². The lowest BCUT2D eigenvalue weighted by Gasteiger charge is -2.19. The van der Waals surface area contributed by atoms with E-state index in [0.29, 0.717) is 13.1 Å². The van der Waals surface area contributed by atoms with Crippen molar-refractivity contribution in [3.63, 3.8) is 0 Å². The largest absolute Gasteiger partial charge is 0.493 e. The fraction of sp³-hybridized carbons (Fsp3) is 0.667. The molecule has 0 aliphatic carbocycles. The molecule has 1 aromatic rings. The molecule has 4 heteroatoms. The van der Waals surface area contributed by atoms with Crippen LogP contribution in [0.25, 0.3) is 0 Å². The molecule has 22 heavy (non-hydrogen) atoms. The van der Waals surface area contributed by atoms with E-state index in [2.05, 4.69) is 36.9 Å². The highest BCUT2D eigenvalue weighted by Crippen LogP contribution is 2.19. The Labute approximate surface area is 134 Å². The fourth-order valence-electron chi connectivity index (χ4n) is 2.45. The van der Waals surface area contributed by atoms with Gasteiger partial charge in [0.25, 0.3) is 0 Å². The van der Waals surface area contributed by atoms with Crippen LogP contribution in [0.15, 0.2) is 18.2 Å². The zero-order chi connectivity index (χ0) is 16.2. The average molecular weight is 309 g/mol. The maximum Gasteiger partial charge on any atom is 0.122 e. The van der Waals surface area contributed by atoms with E-state index in [1.54, 1.807) is 0 Å². The van der Waals surface area contributed by atoms with Crippen LogP contribution in [0.3, 0.4) is 0 Å². The topological polar surface area (TPSA) is 52.9 Å². The Balaban J connectivity index is 2.09. The Morgan fingerprint density at radius 1 is 0.909 bits per heavy atom. The molecule has 2 N–H and O–H groups in total. The summed E-state index contributed by atoms with van der Waals surface area (Å²) in [4.78, 5) is 2.10. The second kappa shape index (κ2) is 11.5. The molecule has 0 bridgehead atoms. The van der Waals surface area contributed by atoms with Gasteiger partial charge in [-0.15, -0.1) is 0 Å². The first kappa shape index (κ1) is 18.9. The summed E-state index contributed by atoms with van der Waals surface area (Å²) < 4.78 is 5.85. The lowest BCUT2D eigenvalue weighted by Crippen LogP contribution is -2.30. The molecule has 0 atom stereocenters. The van der Waals surface area contributed by atoms with Gasteiger partial charge in [0.15, 0.2) is 0 Å². The number of hydrogen-bond donors (Lipinski definition) is 2. The maximum atomic E-state index is 8.95. The number of aliphatic hydroxyl groups excluding tert-OH is 2. The number of rotatable bonds is 12. The normalized spacial score (nSPS) is 11.1. The molecule has 0 saturated carbocycles. The van der Waals surface area contributed by atoms with Gasteiger partial charge in [-0.25, -0.2) is 0 Å². The van der Waals surface area contributed by atoms with Gasteiger partial charge < -0.3 is 14.9 Å². The molecule has 0 radical (unpaired) electrons. The van der Waals surface area contributed by atoms with Crippen LogP contribution in [0.4, 0.5) is 0 Å². The van der Waals surface area contributed by atoms with Gasteiger partial charge in [-0.1, -0.05) is 25.0 Å². The molecule has 0 unspecified atom stereocenters. The number of ether oxygens (including phenoxy) is 1. The molecular weight excluding hydrogens is 278 g/mol. The number of aryl methyl sites for hydroxylation is 2. The minimum atomic E-state index is 0.156.